The maximum Gasteiger partial charge on any atom is 0.261 e. The van der Waals surface area contributed by atoms with Crippen molar-refractivity contribution in [2.75, 3.05) is 31.6 Å². The lowest BCUT2D eigenvalue weighted by atomic mass is 10.2. The van der Waals surface area contributed by atoms with Crippen molar-refractivity contribution in [2.24, 2.45) is 0 Å². The Kier molecular flexibility index (Phi) is 8.60. The van der Waals surface area contributed by atoms with Crippen molar-refractivity contribution in [1.29, 1.82) is 0 Å². The van der Waals surface area contributed by atoms with Crippen LogP contribution in [0.25, 0.3) is 5.69 Å². The summed E-state index contributed by atoms with van der Waals surface area (Å²) in [6.45, 7) is 0.301. The number of nitrogens with zero attached hydrogens (tertiary/aromatic N) is 2. The average molecular weight is 588 g/mol. The number of hydrogen-bond donors (Lipinski definition) is 3. The van der Waals surface area contributed by atoms with Gasteiger partial charge in [0.15, 0.2) is 0 Å². The molecule has 2 aromatic heterocycles. The number of halogens is 2. The molecule has 1 aromatic carbocycles. The van der Waals surface area contributed by atoms with E-state index in [4.69, 9.17) is 16.3 Å². The molecule has 2 aliphatic rings. The van der Waals surface area contributed by atoms with Crippen LogP contribution < -0.4 is 21.5 Å². The first-order valence-corrected chi connectivity index (χ1v) is 13.9. The molecule has 3 N–H and O–H groups in total. The fourth-order valence-electron chi connectivity index (χ4n) is 4.43. The number of anilines is 1. The molecule has 3 aromatic rings. The number of carbonyl (C=O) groups excluding carboxylic acids is 3. The Balaban J connectivity index is 1.21. The van der Waals surface area contributed by atoms with E-state index >= 15 is 0 Å². The molecule has 2 fully saturated rings. The molecule has 1 aliphatic carbocycles. The maximum absolute atomic E-state index is 14.8. The predicted octanol–water partition coefficient (Wildman–Crippen LogP) is 2.41. The second kappa shape index (κ2) is 12.3. The minimum atomic E-state index is -0.689. The van der Waals surface area contributed by atoms with Gasteiger partial charge in [-0.3, -0.25) is 28.6 Å². The third-order valence-corrected chi connectivity index (χ3v) is 7.75. The molecule has 0 bridgehead atoms. The van der Waals surface area contributed by atoms with Gasteiger partial charge in [0.2, 0.25) is 11.8 Å². The molecular weight excluding hydrogens is 561 g/mol. The molecule has 210 valence electrons. The first-order valence-electron chi connectivity index (χ1n) is 12.7. The van der Waals surface area contributed by atoms with Crippen molar-refractivity contribution in [2.45, 2.75) is 31.0 Å². The van der Waals surface area contributed by atoms with Crippen molar-refractivity contribution < 1.29 is 23.5 Å². The van der Waals surface area contributed by atoms with E-state index in [9.17, 15) is 23.6 Å². The Morgan fingerprint density at radius 3 is 2.58 bits per heavy atom. The lowest BCUT2D eigenvalue weighted by Crippen LogP contribution is -2.45. The van der Waals surface area contributed by atoms with Crippen LogP contribution in [0.3, 0.4) is 0 Å². The van der Waals surface area contributed by atoms with Crippen LogP contribution >= 0.6 is 22.9 Å². The molecular formula is C27H27ClFN5O5S. The van der Waals surface area contributed by atoms with Crippen molar-refractivity contribution in [1.82, 2.24) is 20.1 Å². The molecule has 40 heavy (non-hydrogen) atoms. The summed E-state index contributed by atoms with van der Waals surface area (Å²) in [5.74, 6) is -1.72. The van der Waals surface area contributed by atoms with Crippen LogP contribution in [0.4, 0.5) is 10.1 Å². The van der Waals surface area contributed by atoms with Crippen molar-refractivity contribution in [3.05, 3.63) is 80.1 Å². The summed E-state index contributed by atoms with van der Waals surface area (Å²) < 4.78 is 22.4. The molecule has 3 heterocycles. The summed E-state index contributed by atoms with van der Waals surface area (Å²) >= 11 is 7.10. The second-order valence-corrected chi connectivity index (χ2v) is 11.4. The van der Waals surface area contributed by atoms with E-state index in [1.54, 1.807) is 29.2 Å². The second-order valence-electron chi connectivity index (χ2n) is 9.69. The van der Waals surface area contributed by atoms with Crippen LogP contribution in [0.1, 0.15) is 22.5 Å². The topological polar surface area (TPSA) is 122 Å². The van der Waals surface area contributed by atoms with E-state index in [-0.39, 0.29) is 55.3 Å². The van der Waals surface area contributed by atoms with Gasteiger partial charge in [-0.1, -0.05) is 17.7 Å². The molecule has 0 radical (unpaired) electrons. The van der Waals surface area contributed by atoms with E-state index in [2.05, 4.69) is 16.0 Å². The van der Waals surface area contributed by atoms with Crippen LogP contribution in [-0.4, -0.2) is 71.6 Å². The quantitative estimate of drug-likeness (QED) is 0.335. The van der Waals surface area contributed by atoms with Crippen LogP contribution in [0.2, 0.25) is 4.34 Å². The number of likely N-dealkylation sites (tertiary alicyclic amines) is 1. The summed E-state index contributed by atoms with van der Waals surface area (Å²) in [6.07, 6.45) is 2.89. The fourth-order valence-corrected chi connectivity index (χ4v) is 5.38. The zero-order valence-electron chi connectivity index (χ0n) is 21.3. The van der Waals surface area contributed by atoms with E-state index < -0.39 is 23.9 Å². The normalized spacial score (nSPS) is 18.9. The zero-order valence-corrected chi connectivity index (χ0v) is 22.8. The van der Waals surface area contributed by atoms with Crippen molar-refractivity contribution in [3.8, 4) is 5.69 Å². The number of amides is 3. The molecule has 5 rings (SSSR count). The smallest absolute Gasteiger partial charge is 0.261 e. The van der Waals surface area contributed by atoms with E-state index in [0.29, 0.717) is 14.9 Å². The molecule has 3 amide bonds. The van der Waals surface area contributed by atoms with Gasteiger partial charge in [-0.25, -0.2) is 4.39 Å². The summed E-state index contributed by atoms with van der Waals surface area (Å²) in [5.41, 5.74) is -0.00352. The highest BCUT2D eigenvalue weighted by Gasteiger charge is 2.36. The first kappa shape index (κ1) is 28.0. The van der Waals surface area contributed by atoms with Crippen LogP contribution in [-0.2, 0) is 14.3 Å². The molecule has 1 saturated carbocycles. The third kappa shape index (κ3) is 7.13. The Bertz CT molecular complexity index is 1480. The Labute approximate surface area is 238 Å². The SMILES string of the molecule is O=C(CN1C[C@H](NC(=O)c2ccc(Cl)s2)[C@@H](OCC(=O)NC2CC2)C1)Nc1ccc(-n2ccccc2=O)cc1F. The van der Waals surface area contributed by atoms with Crippen molar-refractivity contribution >= 4 is 46.3 Å². The zero-order chi connectivity index (χ0) is 28.2. The molecule has 1 saturated heterocycles. The number of ether oxygens (including phenoxy) is 1. The highest BCUT2D eigenvalue weighted by atomic mass is 35.5. The van der Waals surface area contributed by atoms with Gasteiger partial charge in [-0.2, -0.15) is 0 Å². The summed E-state index contributed by atoms with van der Waals surface area (Å²) in [4.78, 5) is 51.9. The highest BCUT2D eigenvalue weighted by molar-refractivity contribution is 7.18. The average Bonchev–Trinajstić information content (AvgIpc) is 3.49. The van der Waals surface area contributed by atoms with Crippen LogP contribution in [0.15, 0.2) is 59.5 Å². The molecule has 1 aliphatic heterocycles. The number of nitrogens with one attached hydrogen (secondary N) is 3. The van der Waals surface area contributed by atoms with Gasteiger partial charge in [0.1, 0.15) is 12.4 Å². The van der Waals surface area contributed by atoms with Crippen molar-refractivity contribution in [3.63, 3.8) is 0 Å². The van der Waals surface area contributed by atoms with E-state index in [0.717, 1.165) is 24.2 Å². The third-order valence-electron chi connectivity index (χ3n) is 6.52. The van der Waals surface area contributed by atoms with Gasteiger partial charge < -0.3 is 20.7 Å². The Morgan fingerprint density at radius 1 is 1.05 bits per heavy atom. The molecule has 0 unspecified atom stereocenters. The minimum absolute atomic E-state index is 0.0269. The van der Waals surface area contributed by atoms with Crippen LogP contribution in [0.5, 0.6) is 0 Å². The van der Waals surface area contributed by atoms with E-state index in [1.165, 1.54) is 35.0 Å². The van der Waals surface area contributed by atoms with Gasteiger partial charge in [0.05, 0.1) is 39.3 Å². The highest BCUT2D eigenvalue weighted by Crippen LogP contribution is 2.23. The number of rotatable bonds is 10. The Morgan fingerprint density at radius 2 is 1.88 bits per heavy atom. The Hall–Kier alpha value is -3.58. The van der Waals surface area contributed by atoms with Gasteiger partial charge in [0, 0.05) is 37.5 Å². The lowest BCUT2D eigenvalue weighted by molar-refractivity contribution is -0.128. The summed E-state index contributed by atoms with van der Waals surface area (Å²) in [5, 5.41) is 8.34. The predicted molar refractivity (Wildman–Crippen MR) is 149 cm³/mol. The number of thiophene rings is 1. The van der Waals surface area contributed by atoms with E-state index in [1.807, 2.05) is 0 Å². The van der Waals surface area contributed by atoms with Gasteiger partial charge >= 0.3 is 0 Å². The standard InChI is InChI=1S/C27H27ClFN5O5S/c28-23-9-8-22(40-23)27(38)32-20-12-33(13-21(20)39-15-25(36)30-16-4-5-16)14-24(35)31-19-7-6-17(11-18(19)29)34-10-2-1-3-26(34)37/h1-3,6-11,16,20-21H,4-5,12-15H2,(H,30,36)(H,31,35)(H,32,38)/t20-,21-/m0/s1. The molecule has 10 nitrogen and oxygen atoms in total. The summed E-state index contributed by atoms with van der Waals surface area (Å²) in [7, 11) is 0. The monoisotopic (exact) mass is 587 g/mol. The number of carbonyl (C=O) groups is 3. The number of pyridine rings is 1. The number of benzene rings is 1. The summed E-state index contributed by atoms with van der Waals surface area (Å²) in [6, 6.07) is 11.7. The van der Waals surface area contributed by atoms with Gasteiger partial charge in [-0.15, -0.1) is 11.3 Å². The van der Waals surface area contributed by atoms with Gasteiger partial charge in [-0.05, 0) is 43.2 Å². The number of aromatic nitrogens is 1. The maximum atomic E-state index is 14.8. The molecule has 13 heteroatoms. The fraction of sp³-hybridized carbons (Fsp3) is 0.333. The first-order chi connectivity index (χ1) is 19.2. The molecule has 2 atom stereocenters. The number of hydrogen-bond acceptors (Lipinski definition) is 7. The largest absolute Gasteiger partial charge is 0.365 e. The van der Waals surface area contributed by atoms with Gasteiger partial charge in [0.25, 0.3) is 11.5 Å². The molecule has 0 spiro atoms. The van der Waals surface area contributed by atoms with Crippen LogP contribution in [0, 0.1) is 5.82 Å². The minimum Gasteiger partial charge on any atom is -0.365 e. The lowest BCUT2D eigenvalue weighted by Gasteiger charge is -2.20.